The Kier molecular flexibility index (Phi) is 4.75. The number of hydrogen-bond acceptors (Lipinski definition) is 2. The van der Waals surface area contributed by atoms with Crippen molar-refractivity contribution in [2.24, 2.45) is 17.8 Å². The van der Waals surface area contributed by atoms with Gasteiger partial charge in [0, 0.05) is 17.8 Å². The second kappa shape index (κ2) is 7.01. The Balaban J connectivity index is 1.45. The molecule has 0 heterocycles. The summed E-state index contributed by atoms with van der Waals surface area (Å²) < 4.78 is 0. The Morgan fingerprint density at radius 3 is 2.32 bits per heavy atom. The van der Waals surface area contributed by atoms with Crippen LogP contribution in [0.3, 0.4) is 0 Å². The Morgan fingerprint density at radius 2 is 1.68 bits per heavy atom. The number of unbranched alkanes of at least 4 members (excludes halogenated alkanes) is 2. The van der Waals surface area contributed by atoms with Crippen molar-refractivity contribution >= 4 is 11.6 Å². The van der Waals surface area contributed by atoms with E-state index in [4.69, 9.17) is 0 Å². The van der Waals surface area contributed by atoms with E-state index in [-0.39, 0.29) is 11.4 Å². The number of rotatable bonds is 7. The normalized spacial score (nSPS) is 32.6. The van der Waals surface area contributed by atoms with Crippen LogP contribution in [-0.4, -0.2) is 18.0 Å². The predicted molar refractivity (Wildman–Crippen MR) is 103 cm³/mol. The molecule has 0 radical (unpaired) electrons. The highest BCUT2D eigenvalue weighted by Gasteiger charge is 2.51. The molecule has 25 heavy (non-hydrogen) atoms. The zero-order valence-electron chi connectivity index (χ0n) is 15.5. The van der Waals surface area contributed by atoms with Gasteiger partial charge in [0.25, 0.3) is 5.91 Å². The molecule has 1 aromatic carbocycles. The van der Waals surface area contributed by atoms with Crippen molar-refractivity contribution in [3.05, 3.63) is 29.8 Å². The van der Waals surface area contributed by atoms with Gasteiger partial charge in [-0.05, 0) is 74.8 Å². The Labute approximate surface area is 152 Å². The first-order chi connectivity index (χ1) is 12.2. The van der Waals surface area contributed by atoms with Crippen LogP contribution in [0.5, 0.6) is 0 Å². The number of para-hydroxylation sites is 1. The molecule has 5 rings (SSSR count). The average Bonchev–Trinajstić information content (AvgIpc) is 2.57. The molecule has 136 valence electrons. The number of benzene rings is 1. The second-order valence-corrected chi connectivity index (χ2v) is 8.83. The maximum Gasteiger partial charge on any atom is 0.253 e. The third kappa shape index (κ3) is 3.56. The molecule has 3 heteroatoms. The van der Waals surface area contributed by atoms with E-state index in [1.807, 2.05) is 24.3 Å². The summed E-state index contributed by atoms with van der Waals surface area (Å²) in [6.45, 7) is 3.16. The molecule has 4 saturated carbocycles. The number of nitrogens with one attached hydrogen (secondary N) is 2. The van der Waals surface area contributed by atoms with E-state index in [1.165, 1.54) is 51.4 Å². The lowest BCUT2D eigenvalue weighted by molar-refractivity contribution is -0.0166. The molecule has 4 bridgehead atoms. The fourth-order valence-corrected chi connectivity index (χ4v) is 6.01. The van der Waals surface area contributed by atoms with Gasteiger partial charge in [-0.1, -0.05) is 31.9 Å². The van der Waals surface area contributed by atoms with E-state index in [2.05, 4.69) is 17.6 Å². The van der Waals surface area contributed by atoms with Gasteiger partial charge in [-0.25, -0.2) is 0 Å². The van der Waals surface area contributed by atoms with E-state index < -0.39 is 0 Å². The fraction of sp³-hybridized carbons (Fsp3) is 0.682. The average molecular weight is 341 g/mol. The largest absolute Gasteiger partial charge is 0.384 e. The molecular weight excluding hydrogens is 308 g/mol. The molecule has 4 fully saturated rings. The molecule has 1 aromatic rings. The third-order valence-electron chi connectivity index (χ3n) is 6.68. The van der Waals surface area contributed by atoms with Crippen LogP contribution < -0.4 is 10.6 Å². The van der Waals surface area contributed by atoms with Gasteiger partial charge < -0.3 is 10.6 Å². The van der Waals surface area contributed by atoms with Gasteiger partial charge in [-0.3, -0.25) is 4.79 Å². The highest BCUT2D eigenvalue weighted by molar-refractivity contribution is 6.00. The molecule has 0 aliphatic heterocycles. The van der Waals surface area contributed by atoms with Gasteiger partial charge in [-0.15, -0.1) is 0 Å². The predicted octanol–water partition coefficient (Wildman–Crippen LogP) is 4.99. The van der Waals surface area contributed by atoms with Gasteiger partial charge in [-0.2, -0.15) is 0 Å². The van der Waals surface area contributed by atoms with Crippen molar-refractivity contribution in [1.82, 2.24) is 5.32 Å². The summed E-state index contributed by atoms with van der Waals surface area (Å²) in [6.07, 6.45) is 11.4. The molecule has 4 aliphatic rings. The molecule has 3 nitrogen and oxygen atoms in total. The molecule has 0 spiro atoms. The van der Waals surface area contributed by atoms with Gasteiger partial charge in [0.2, 0.25) is 0 Å². The lowest BCUT2D eigenvalue weighted by Gasteiger charge is -2.56. The van der Waals surface area contributed by atoms with Crippen molar-refractivity contribution < 1.29 is 4.79 Å². The van der Waals surface area contributed by atoms with Crippen LogP contribution in [0.25, 0.3) is 0 Å². The zero-order valence-corrected chi connectivity index (χ0v) is 15.5. The molecule has 0 unspecified atom stereocenters. The molecule has 0 atom stereocenters. The van der Waals surface area contributed by atoms with Gasteiger partial charge in [0.05, 0.1) is 5.56 Å². The summed E-state index contributed by atoms with van der Waals surface area (Å²) in [5.41, 5.74) is 1.89. The molecular formula is C22H32N2O. The van der Waals surface area contributed by atoms with E-state index in [0.29, 0.717) is 0 Å². The number of anilines is 1. The Morgan fingerprint density at radius 1 is 1.04 bits per heavy atom. The van der Waals surface area contributed by atoms with E-state index in [0.717, 1.165) is 42.0 Å². The Hall–Kier alpha value is -1.51. The zero-order chi connectivity index (χ0) is 17.3. The lowest BCUT2D eigenvalue weighted by Crippen LogP contribution is -2.59. The van der Waals surface area contributed by atoms with Crippen molar-refractivity contribution in [1.29, 1.82) is 0 Å². The van der Waals surface area contributed by atoms with Crippen molar-refractivity contribution in [3.63, 3.8) is 0 Å². The smallest absolute Gasteiger partial charge is 0.253 e. The van der Waals surface area contributed by atoms with E-state index in [9.17, 15) is 4.79 Å². The minimum Gasteiger partial charge on any atom is -0.384 e. The molecule has 0 aromatic heterocycles. The number of amides is 1. The van der Waals surface area contributed by atoms with Crippen LogP contribution in [0.1, 0.15) is 75.1 Å². The minimum atomic E-state index is 0.0845. The fourth-order valence-electron chi connectivity index (χ4n) is 6.01. The highest BCUT2D eigenvalue weighted by Crippen LogP contribution is 2.55. The van der Waals surface area contributed by atoms with Crippen LogP contribution in [0.4, 0.5) is 5.69 Å². The monoisotopic (exact) mass is 340 g/mol. The first kappa shape index (κ1) is 16.9. The van der Waals surface area contributed by atoms with Crippen LogP contribution in [0.15, 0.2) is 24.3 Å². The van der Waals surface area contributed by atoms with Crippen molar-refractivity contribution in [2.45, 2.75) is 70.3 Å². The summed E-state index contributed by atoms with van der Waals surface area (Å²) in [5.74, 6) is 2.69. The number of hydrogen-bond donors (Lipinski definition) is 2. The van der Waals surface area contributed by atoms with Crippen LogP contribution in [-0.2, 0) is 0 Å². The SMILES string of the molecule is CCCCCNc1ccccc1C(=O)NC12CC3CC(CC(C3)C1)C2. The highest BCUT2D eigenvalue weighted by atomic mass is 16.1. The Bertz CT molecular complexity index is 589. The maximum absolute atomic E-state index is 13.1. The summed E-state index contributed by atoms with van der Waals surface area (Å²) in [7, 11) is 0. The van der Waals surface area contributed by atoms with Crippen molar-refractivity contribution in [2.75, 3.05) is 11.9 Å². The maximum atomic E-state index is 13.1. The molecule has 4 aliphatic carbocycles. The van der Waals surface area contributed by atoms with E-state index >= 15 is 0 Å². The standard InChI is InChI=1S/C22H32N2O/c1-2-3-6-9-23-20-8-5-4-7-19(20)21(25)24-22-13-16-10-17(14-22)12-18(11-16)15-22/h4-5,7-8,16-18,23H,2-3,6,9-15H2,1H3,(H,24,25). The quantitative estimate of drug-likeness (QED) is 0.687. The first-order valence-electron chi connectivity index (χ1n) is 10.3. The van der Waals surface area contributed by atoms with Crippen LogP contribution in [0.2, 0.25) is 0 Å². The minimum absolute atomic E-state index is 0.0845. The van der Waals surface area contributed by atoms with Gasteiger partial charge in [0.1, 0.15) is 0 Å². The lowest BCUT2D eigenvalue weighted by atomic mass is 9.53. The molecule has 2 N–H and O–H groups in total. The number of carbonyl (C=O) groups is 1. The van der Waals surface area contributed by atoms with E-state index in [1.54, 1.807) is 0 Å². The van der Waals surface area contributed by atoms with Crippen LogP contribution >= 0.6 is 0 Å². The van der Waals surface area contributed by atoms with Crippen molar-refractivity contribution in [3.8, 4) is 0 Å². The first-order valence-corrected chi connectivity index (χ1v) is 10.3. The topological polar surface area (TPSA) is 41.1 Å². The molecule has 0 saturated heterocycles. The van der Waals surface area contributed by atoms with Gasteiger partial charge >= 0.3 is 0 Å². The van der Waals surface area contributed by atoms with Crippen LogP contribution in [0, 0.1) is 17.8 Å². The summed E-state index contributed by atoms with van der Waals surface area (Å²) in [6, 6.07) is 8.01. The number of carbonyl (C=O) groups excluding carboxylic acids is 1. The summed E-state index contributed by atoms with van der Waals surface area (Å²) in [4.78, 5) is 13.1. The summed E-state index contributed by atoms with van der Waals surface area (Å²) >= 11 is 0. The second-order valence-electron chi connectivity index (χ2n) is 8.83. The third-order valence-corrected chi connectivity index (χ3v) is 6.68. The summed E-state index contributed by atoms with van der Waals surface area (Å²) in [5, 5.41) is 6.98. The van der Waals surface area contributed by atoms with Gasteiger partial charge in [0.15, 0.2) is 0 Å². The molecule has 1 amide bonds.